The highest BCUT2D eigenvalue weighted by Crippen LogP contribution is 2.33. The Hall–Kier alpha value is -1.98. The Balaban J connectivity index is 2.36. The number of hydrogen-bond donors (Lipinski definition) is 1. The van der Waals surface area contributed by atoms with Gasteiger partial charge < -0.3 is 14.2 Å². The second-order valence-electron chi connectivity index (χ2n) is 5.10. The molecule has 0 amide bonds. The van der Waals surface area contributed by atoms with Crippen molar-refractivity contribution in [2.45, 2.75) is 17.8 Å². The van der Waals surface area contributed by atoms with Crippen LogP contribution in [0.3, 0.4) is 0 Å². The molecule has 0 atom stereocenters. The molecule has 0 aliphatic heterocycles. The first kappa shape index (κ1) is 21.3. The number of nitrogens with one attached hydrogen (secondary N) is 1. The predicted octanol–water partition coefficient (Wildman–Crippen LogP) is 3.84. The van der Waals surface area contributed by atoms with Crippen molar-refractivity contribution >= 4 is 26.0 Å². The first-order valence-corrected chi connectivity index (χ1v) is 9.60. The van der Waals surface area contributed by atoms with E-state index in [1.165, 1.54) is 20.3 Å². The third-order valence-electron chi connectivity index (χ3n) is 3.39. The van der Waals surface area contributed by atoms with E-state index in [0.29, 0.717) is 17.1 Å². The Morgan fingerprint density at radius 1 is 1.04 bits per heavy atom. The maximum Gasteiger partial charge on any atom is 0.573 e. The van der Waals surface area contributed by atoms with Gasteiger partial charge in [0.15, 0.2) is 5.75 Å². The van der Waals surface area contributed by atoms with Crippen molar-refractivity contribution in [3.05, 3.63) is 46.4 Å². The van der Waals surface area contributed by atoms with Crippen molar-refractivity contribution in [2.24, 2.45) is 0 Å². The molecule has 27 heavy (non-hydrogen) atoms. The minimum absolute atomic E-state index is 0.229. The fourth-order valence-corrected chi connectivity index (χ4v) is 3.70. The Bertz CT molecular complexity index is 897. The van der Waals surface area contributed by atoms with E-state index >= 15 is 0 Å². The van der Waals surface area contributed by atoms with E-state index in [4.69, 9.17) is 9.47 Å². The number of ether oxygens (including phenoxy) is 3. The van der Waals surface area contributed by atoms with Gasteiger partial charge in [-0.1, -0.05) is 22.0 Å². The normalized spacial score (nSPS) is 11.9. The molecule has 0 heterocycles. The molecule has 2 aromatic rings. The number of rotatable bonds is 7. The molecule has 0 radical (unpaired) electrons. The number of sulfonamides is 1. The number of benzene rings is 2. The first-order chi connectivity index (χ1) is 12.6. The van der Waals surface area contributed by atoms with Crippen LogP contribution in [0.1, 0.15) is 5.56 Å². The lowest BCUT2D eigenvalue weighted by Gasteiger charge is -2.16. The van der Waals surface area contributed by atoms with Gasteiger partial charge in [0, 0.05) is 11.0 Å². The lowest BCUT2D eigenvalue weighted by molar-refractivity contribution is -0.275. The summed E-state index contributed by atoms with van der Waals surface area (Å²) in [6, 6.07) is 8.08. The zero-order valence-electron chi connectivity index (χ0n) is 14.1. The molecule has 0 saturated heterocycles. The molecule has 0 bridgehead atoms. The van der Waals surface area contributed by atoms with Crippen LogP contribution < -0.4 is 18.9 Å². The summed E-state index contributed by atoms with van der Waals surface area (Å²) in [6.07, 6.45) is -5.04. The minimum Gasteiger partial charge on any atom is -0.496 e. The largest absolute Gasteiger partial charge is 0.573 e. The average molecular weight is 470 g/mol. The SMILES string of the molecule is COc1cccc(OC)c1CNS(=O)(=O)c1ccc(Br)cc1OC(F)(F)F. The van der Waals surface area contributed by atoms with E-state index in [0.717, 1.165) is 12.1 Å². The van der Waals surface area contributed by atoms with Gasteiger partial charge in [-0.3, -0.25) is 0 Å². The van der Waals surface area contributed by atoms with Crippen molar-refractivity contribution in [1.82, 2.24) is 4.72 Å². The van der Waals surface area contributed by atoms with Crippen LogP contribution in [0.2, 0.25) is 0 Å². The highest BCUT2D eigenvalue weighted by molar-refractivity contribution is 9.10. The summed E-state index contributed by atoms with van der Waals surface area (Å²) in [6.45, 7) is -0.267. The molecule has 6 nitrogen and oxygen atoms in total. The van der Waals surface area contributed by atoms with Crippen LogP contribution in [-0.2, 0) is 16.6 Å². The molecule has 0 saturated carbocycles. The van der Waals surface area contributed by atoms with Crippen molar-refractivity contribution in [1.29, 1.82) is 0 Å². The molecule has 0 fully saturated rings. The average Bonchev–Trinajstić information content (AvgIpc) is 2.58. The molecular formula is C16H15BrF3NO5S. The summed E-state index contributed by atoms with van der Waals surface area (Å²) in [5.41, 5.74) is 0.390. The zero-order valence-corrected chi connectivity index (χ0v) is 16.5. The summed E-state index contributed by atoms with van der Waals surface area (Å²) in [7, 11) is -1.54. The molecule has 0 spiro atoms. The quantitative estimate of drug-likeness (QED) is 0.666. The van der Waals surface area contributed by atoms with E-state index in [1.54, 1.807) is 18.2 Å². The fraction of sp³-hybridized carbons (Fsp3) is 0.250. The minimum atomic E-state index is -5.04. The molecule has 11 heteroatoms. The molecule has 0 aliphatic rings. The molecule has 0 aliphatic carbocycles. The van der Waals surface area contributed by atoms with E-state index in [9.17, 15) is 21.6 Å². The number of halogens is 4. The molecular weight excluding hydrogens is 455 g/mol. The van der Waals surface area contributed by atoms with Crippen LogP contribution in [0.25, 0.3) is 0 Å². The summed E-state index contributed by atoms with van der Waals surface area (Å²) < 4.78 is 79.6. The first-order valence-electron chi connectivity index (χ1n) is 7.32. The maximum atomic E-state index is 12.6. The lowest BCUT2D eigenvalue weighted by atomic mass is 10.2. The molecule has 0 aromatic heterocycles. The second kappa shape index (κ2) is 8.36. The van der Waals surface area contributed by atoms with Gasteiger partial charge in [-0.25, -0.2) is 13.1 Å². The van der Waals surface area contributed by atoms with Gasteiger partial charge in [0.1, 0.15) is 16.4 Å². The fourth-order valence-electron chi connectivity index (χ4n) is 2.26. The molecule has 2 aromatic carbocycles. The van der Waals surface area contributed by atoms with E-state index in [-0.39, 0.29) is 11.0 Å². The Morgan fingerprint density at radius 2 is 1.63 bits per heavy atom. The van der Waals surface area contributed by atoms with Crippen LogP contribution in [0.15, 0.2) is 45.8 Å². The molecule has 1 N–H and O–H groups in total. The Labute approximate surface area is 162 Å². The third kappa shape index (κ3) is 5.50. The summed E-state index contributed by atoms with van der Waals surface area (Å²) in [4.78, 5) is -0.656. The second-order valence-corrected chi connectivity index (χ2v) is 7.76. The van der Waals surface area contributed by atoms with Crippen LogP contribution in [-0.4, -0.2) is 29.0 Å². The van der Waals surface area contributed by atoms with Crippen LogP contribution in [0.4, 0.5) is 13.2 Å². The molecule has 2 rings (SSSR count). The summed E-state index contributed by atoms with van der Waals surface area (Å²) in [5, 5.41) is 0. The highest BCUT2D eigenvalue weighted by atomic mass is 79.9. The highest BCUT2D eigenvalue weighted by Gasteiger charge is 2.34. The van der Waals surface area contributed by atoms with Crippen LogP contribution in [0, 0.1) is 0 Å². The van der Waals surface area contributed by atoms with Crippen LogP contribution >= 0.6 is 15.9 Å². The summed E-state index contributed by atoms with van der Waals surface area (Å²) in [5.74, 6) is -0.129. The number of alkyl halides is 3. The standard InChI is InChI=1S/C16H15BrF3NO5S/c1-24-12-4-3-5-13(25-2)11(12)9-21-27(22,23)15-7-6-10(17)8-14(15)26-16(18,19)20/h3-8,21H,9H2,1-2H3. The number of hydrogen-bond acceptors (Lipinski definition) is 5. The topological polar surface area (TPSA) is 73.9 Å². The molecule has 0 unspecified atom stereocenters. The van der Waals surface area contributed by atoms with Gasteiger partial charge in [-0.05, 0) is 30.3 Å². The summed E-state index contributed by atoms with van der Waals surface area (Å²) >= 11 is 2.99. The van der Waals surface area contributed by atoms with Crippen molar-refractivity contribution in [3.8, 4) is 17.2 Å². The molecule has 148 valence electrons. The van der Waals surface area contributed by atoms with Gasteiger partial charge in [-0.15, -0.1) is 13.2 Å². The monoisotopic (exact) mass is 469 g/mol. The zero-order chi connectivity index (χ0) is 20.2. The smallest absolute Gasteiger partial charge is 0.496 e. The van der Waals surface area contributed by atoms with Crippen LogP contribution in [0.5, 0.6) is 17.2 Å². The van der Waals surface area contributed by atoms with Gasteiger partial charge in [0.05, 0.1) is 19.8 Å². The van der Waals surface area contributed by atoms with E-state index in [2.05, 4.69) is 25.4 Å². The Kier molecular flexibility index (Phi) is 6.60. The van der Waals surface area contributed by atoms with Crippen molar-refractivity contribution in [3.63, 3.8) is 0 Å². The third-order valence-corrected chi connectivity index (χ3v) is 5.32. The van der Waals surface area contributed by atoms with E-state index in [1.807, 2.05) is 0 Å². The lowest BCUT2D eigenvalue weighted by Crippen LogP contribution is -2.26. The van der Waals surface area contributed by atoms with Crippen molar-refractivity contribution in [2.75, 3.05) is 14.2 Å². The maximum absolute atomic E-state index is 12.6. The van der Waals surface area contributed by atoms with E-state index < -0.39 is 27.0 Å². The number of methoxy groups -OCH3 is 2. The Morgan fingerprint density at radius 3 is 2.15 bits per heavy atom. The van der Waals surface area contributed by atoms with Crippen molar-refractivity contribution < 1.29 is 35.8 Å². The van der Waals surface area contributed by atoms with Gasteiger partial charge in [0.2, 0.25) is 10.0 Å². The van der Waals surface area contributed by atoms with Gasteiger partial charge >= 0.3 is 6.36 Å². The van der Waals surface area contributed by atoms with Gasteiger partial charge in [0.25, 0.3) is 0 Å². The van der Waals surface area contributed by atoms with Gasteiger partial charge in [-0.2, -0.15) is 0 Å². The predicted molar refractivity (Wildman–Crippen MR) is 94.4 cm³/mol.